The number of aromatic amines is 1. The van der Waals surface area contributed by atoms with E-state index in [-0.39, 0.29) is 12.3 Å². The van der Waals surface area contributed by atoms with Crippen LogP contribution in [-0.2, 0) is 28.0 Å². The zero-order valence-electron chi connectivity index (χ0n) is 17.0. The van der Waals surface area contributed by atoms with E-state index in [2.05, 4.69) is 20.2 Å². The van der Waals surface area contributed by atoms with Crippen LogP contribution in [0.25, 0.3) is 11.4 Å². The number of amides is 1. The highest BCUT2D eigenvalue weighted by Gasteiger charge is 2.43. The van der Waals surface area contributed by atoms with Crippen LogP contribution in [0.4, 0.5) is 0 Å². The molecule has 8 nitrogen and oxygen atoms in total. The van der Waals surface area contributed by atoms with Gasteiger partial charge in [0.2, 0.25) is 5.91 Å². The zero-order chi connectivity index (χ0) is 20.6. The minimum absolute atomic E-state index is 0.0487. The number of nitrogens with zero attached hydrogens (tertiary/aromatic N) is 5. The molecule has 30 heavy (non-hydrogen) atoms. The van der Waals surface area contributed by atoms with Gasteiger partial charge >= 0.3 is 0 Å². The molecule has 1 fully saturated rings. The van der Waals surface area contributed by atoms with Gasteiger partial charge in [0.15, 0.2) is 11.6 Å². The van der Waals surface area contributed by atoms with Crippen LogP contribution in [-0.4, -0.2) is 55.7 Å². The zero-order valence-corrected chi connectivity index (χ0v) is 17.0. The Labute approximate surface area is 174 Å². The molecule has 1 spiro atoms. The van der Waals surface area contributed by atoms with E-state index < -0.39 is 5.60 Å². The van der Waals surface area contributed by atoms with Gasteiger partial charge in [-0.05, 0) is 31.7 Å². The van der Waals surface area contributed by atoms with Gasteiger partial charge < -0.3 is 9.64 Å². The molecule has 2 aromatic heterocycles. The normalized spacial score (nSPS) is 17.7. The summed E-state index contributed by atoms with van der Waals surface area (Å²) in [6.07, 6.45) is 4.43. The second-order valence-corrected chi connectivity index (χ2v) is 7.92. The number of ether oxygens (including phenoxy) is 1. The molecule has 0 unspecified atom stereocenters. The Kier molecular flexibility index (Phi) is 4.78. The van der Waals surface area contributed by atoms with E-state index in [0.29, 0.717) is 25.5 Å². The van der Waals surface area contributed by atoms with Crippen LogP contribution >= 0.6 is 0 Å². The van der Waals surface area contributed by atoms with Crippen molar-refractivity contribution in [3.63, 3.8) is 0 Å². The fraction of sp³-hybridized carbons (Fsp3) is 0.409. The van der Waals surface area contributed by atoms with E-state index >= 15 is 0 Å². The summed E-state index contributed by atoms with van der Waals surface area (Å²) < 4.78 is 6.32. The van der Waals surface area contributed by atoms with Crippen molar-refractivity contribution < 1.29 is 9.53 Å². The van der Waals surface area contributed by atoms with Gasteiger partial charge in [0.25, 0.3) is 0 Å². The molecule has 0 radical (unpaired) electrons. The Balaban J connectivity index is 1.35. The Morgan fingerprint density at radius 2 is 2.00 bits per heavy atom. The van der Waals surface area contributed by atoms with Crippen LogP contribution in [0.15, 0.2) is 36.5 Å². The van der Waals surface area contributed by atoms with E-state index in [1.807, 2.05) is 48.4 Å². The van der Waals surface area contributed by atoms with Crippen molar-refractivity contribution in [2.24, 2.45) is 0 Å². The number of benzene rings is 1. The summed E-state index contributed by atoms with van der Waals surface area (Å²) in [4.78, 5) is 28.3. The van der Waals surface area contributed by atoms with Gasteiger partial charge in [-0.25, -0.2) is 15.0 Å². The lowest BCUT2D eigenvalue weighted by molar-refractivity contribution is -0.140. The van der Waals surface area contributed by atoms with Crippen molar-refractivity contribution >= 4 is 5.91 Å². The van der Waals surface area contributed by atoms with Gasteiger partial charge in [-0.1, -0.05) is 30.3 Å². The Morgan fingerprint density at radius 3 is 2.73 bits per heavy atom. The quantitative estimate of drug-likeness (QED) is 0.719. The number of hydrogen-bond donors (Lipinski definition) is 1. The lowest BCUT2D eigenvalue weighted by Crippen LogP contribution is -2.49. The number of carbonyl (C=O) groups excluding carboxylic acids is 1. The molecular formula is C22H24N6O2. The first-order valence-electron chi connectivity index (χ1n) is 10.3. The number of piperidine rings is 1. The number of H-pyrrole nitrogens is 1. The predicted octanol–water partition coefficient (Wildman–Crippen LogP) is 2.20. The summed E-state index contributed by atoms with van der Waals surface area (Å²) in [5.41, 5.74) is 2.68. The number of aryl methyl sites for hydroxylation is 1. The van der Waals surface area contributed by atoms with Crippen LogP contribution in [0.2, 0.25) is 0 Å². The molecule has 0 atom stereocenters. The highest BCUT2D eigenvalue weighted by Crippen LogP contribution is 2.41. The number of aromatic nitrogens is 5. The van der Waals surface area contributed by atoms with Crippen molar-refractivity contribution in [1.82, 2.24) is 30.0 Å². The molecule has 1 saturated heterocycles. The minimum Gasteiger partial charge on any atom is -0.368 e. The molecule has 0 bridgehead atoms. The van der Waals surface area contributed by atoms with Crippen LogP contribution < -0.4 is 0 Å². The largest absolute Gasteiger partial charge is 0.368 e. The van der Waals surface area contributed by atoms with Crippen LogP contribution in [0.5, 0.6) is 0 Å². The van der Waals surface area contributed by atoms with Crippen molar-refractivity contribution in [3.05, 3.63) is 59.4 Å². The average molecular weight is 404 g/mol. The number of likely N-dealkylation sites (tertiary alicyclic amines) is 1. The van der Waals surface area contributed by atoms with E-state index in [0.717, 1.165) is 47.7 Å². The van der Waals surface area contributed by atoms with E-state index in [1.54, 1.807) is 0 Å². The predicted molar refractivity (Wildman–Crippen MR) is 109 cm³/mol. The minimum atomic E-state index is -0.446. The van der Waals surface area contributed by atoms with E-state index in [9.17, 15) is 4.79 Å². The maximum atomic E-state index is 12.7. The third-order valence-electron chi connectivity index (χ3n) is 5.95. The van der Waals surface area contributed by atoms with Crippen LogP contribution in [0.1, 0.15) is 35.7 Å². The first kappa shape index (κ1) is 18.9. The highest BCUT2D eigenvalue weighted by molar-refractivity contribution is 5.78. The number of fused-ring (bicyclic) bond motifs is 2. The molecule has 3 aromatic rings. The summed E-state index contributed by atoms with van der Waals surface area (Å²) in [6, 6.07) is 10.0. The van der Waals surface area contributed by atoms with Gasteiger partial charge in [-0.15, -0.1) is 0 Å². The van der Waals surface area contributed by atoms with Crippen LogP contribution in [0.3, 0.4) is 0 Å². The molecule has 0 aliphatic carbocycles. The molecule has 154 valence electrons. The molecule has 5 rings (SSSR count). The number of rotatable bonds is 3. The van der Waals surface area contributed by atoms with Crippen molar-refractivity contribution in [2.75, 3.05) is 19.7 Å². The second-order valence-electron chi connectivity index (χ2n) is 7.92. The lowest BCUT2D eigenvalue weighted by Gasteiger charge is -2.44. The lowest BCUT2D eigenvalue weighted by atomic mass is 9.83. The molecular weight excluding hydrogens is 380 g/mol. The van der Waals surface area contributed by atoms with Gasteiger partial charge in [-0.2, -0.15) is 5.10 Å². The number of hydrogen-bond acceptors (Lipinski definition) is 6. The fourth-order valence-electron chi connectivity index (χ4n) is 4.35. The van der Waals surface area contributed by atoms with E-state index in [4.69, 9.17) is 9.72 Å². The van der Waals surface area contributed by atoms with Crippen molar-refractivity contribution in [2.45, 2.75) is 38.2 Å². The first-order chi connectivity index (χ1) is 14.6. The summed E-state index contributed by atoms with van der Waals surface area (Å²) in [7, 11) is 0. The molecule has 4 heterocycles. The molecule has 1 N–H and O–H groups in total. The Morgan fingerprint density at radius 1 is 1.20 bits per heavy atom. The summed E-state index contributed by atoms with van der Waals surface area (Å²) in [5.74, 6) is 2.03. The number of nitrogens with one attached hydrogen (secondary N) is 1. The van der Waals surface area contributed by atoms with E-state index in [1.165, 1.54) is 0 Å². The van der Waals surface area contributed by atoms with Gasteiger partial charge in [0, 0.05) is 24.8 Å². The standard InChI is InChI=1S/C22H24N6O2/c1-15-24-18(27-26-15)13-19(29)28-10-8-22(9-11-28)20-17(7-12-30-22)14-23-21(25-20)16-5-3-2-4-6-16/h2-6,14H,7-13H2,1H3,(H,24,26,27). The molecule has 2 aliphatic heterocycles. The SMILES string of the molecule is Cc1nc(CC(=O)N2CCC3(CC2)OCCc2cnc(-c4ccccc4)nc23)n[nH]1. The summed E-state index contributed by atoms with van der Waals surface area (Å²) in [5, 5.41) is 6.86. The topological polar surface area (TPSA) is 96.9 Å². The maximum Gasteiger partial charge on any atom is 0.230 e. The van der Waals surface area contributed by atoms with Gasteiger partial charge in [0.1, 0.15) is 11.4 Å². The van der Waals surface area contributed by atoms with Crippen molar-refractivity contribution in [1.29, 1.82) is 0 Å². The molecule has 2 aliphatic rings. The van der Waals surface area contributed by atoms with Gasteiger partial charge in [0.05, 0.1) is 18.7 Å². The summed E-state index contributed by atoms with van der Waals surface area (Å²) in [6.45, 7) is 3.75. The molecule has 0 saturated carbocycles. The Bertz CT molecular complexity index is 1060. The molecule has 1 aromatic carbocycles. The third kappa shape index (κ3) is 3.47. The average Bonchev–Trinajstić information content (AvgIpc) is 3.19. The highest BCUT2D eigenvalue weighted by atomic mass is 16.5. The summed E-state index contributed by atoms with van der Waals surface area (Å²) >= 11 is 0. The molecule has 8 heteroatoms. The van der Waals surface area contributed by atoms with Gasteiger partial charge in [-0.3, -0.25) is 9.89 Å². The second kappa shape index (κ2) is 7.60. The van der Waals surface area contributed by atoms with Crippen LogP contribution in [0, 0.1) is 6.92 Å². The number of carbonyl (C=O) groups is 1. The third-order valence-corrected chi connectivity index (χ3v) is 5.95. The molecule has 1 amide bonds. The maximum absolute atomic E-state index is 12.7. The fourth-order valence-corrected chi connectivity index (χ4v) is 4.35. The monoisotopic (exact) mass is 404 g/mol. The smallest absolute Gasteiger partial charge is 0.230 e. The first-order valence-corrected chi connectivity index (χ1v) is 10.3. The van der Waals surface area contributed by atoms with Crippen molar-refractivity contribution in [3.8, 4) is 11.4 Å². The Hall–Kier alpha value is -3.13.